The number of likely N-dealkylation sites (tertiary alicyclic amines) is 1. The Hall–Kier alpha value is -2.10. The lowest BCUT2D eigenvalue weighted by molar-refractivity contribution is -0.131. The molecular formula is C17H21NO3. The minimum Gasteiger partial charge on any atom is -0.478 e. The molecule has 1 aromatic rings. The number of carboxylic acids is 1. The van der Waals surface area contributed by atoms with Gasteiger partial charge in [-0.05, 0) is 55.0 Å². The van der Waals surface area contributed by atoms with Crippen molar-refractivity contribution in [1.82, 2.24) is 4.90 Å². The zero-order valence-corrected chi connectivity index (χ0v) is 12.5. The Balaban J connectivity index is 2.22. The maximum Gasteiger partial charge on any atom is 0.328 e. The van der Waals surface area contributed by atoms with Crippen molar-refractivity contribution < 1.29 is 14.7 Å². The second kappa shape index (κ2) is 6.57. The maximum absolute atomic E-state index is 12.6. The molecule has 2 rings (SSSR count). The van der Waals surface area contributed by atoms with Crippen LogP contribution in [0.25, 0.3) is 6.08 Å². The predicted molar refractivity (Wildman–Crippen MR) is 82.2 cm³/mol. The number of nitrogens with zero attached hydrogens (tertiary/aromatic N) is 1. The lowest BCUT2D eigenvalue weighted by Crippen LogP contribution is -2.39. The van der Waals surface area contributed by atoms with Crippen molar-refractivity contribution in [3.8, 4) is 0 Å². The van der Waals surface area contributed by atoms with E-state index in [1.54, 1.807) is 6.07 Å². The van der Waals surface area contributed by atoms with Crippen molar-refractivity contribution in [1.29, 1.82) is 0 Å². The number of hydrogen-bond acceptors (Lipinski definition) is 2. The zero-order valence-electron chi connectivity index (χ0n) is 12.5. The van der Waals surface area contributed by atoms with Crippen LogP contribution in [0.2, 0.25) is 0 Å². The largest absolute Gasteiger partial charge is 0.478 e. The minimum atomic E-state index is -0.991. The number of rotatable bonds is 3. The quantitative estimate of drug-likeness (QED) is 0.870. The van der Waals surface area contributed by atoms with Gasteiger partial charge in [-0.25, -0.2) is 4.79 Å². The van der Waals surface area contributed by atoms with Gasteiger partial charge in [0.25, 0.3) is 5.91 Å². The molecule has 1 aliphatic heterocycles. The van der Waals surface area contributed by atoms with Gasteiger partial charge in [0, 0.05) is 24.7 Å². The normalized spacial score (nSPS) is 19.0. The molecule has 1 unspecified atom stereocenters. The molecule has 112 valence electrons. The van der Waals surface area contributed by atoms with Crippen molar-refractivity contribution in [3.05, 3.63) is 41.0 Å². The fourth-order valence-corrected chi connectivity index (χ4v) is 2.76. The van der Waals surface area contributed by atoms with E-state index in [-0.39, 0.29) is 5.91 Å². The number of aryl methyl sites for hydroxylation is 1. The number of carboxylic acid groups (broad SMARTS) is 1. The fraction of sp³-hybridized carbons (Fsp3) is 0.412. The highest BCUT2D eigenvalue weighted by Crippen LogP contribution is 2.19. The molecular weight excluding hydrogens is 266 g/mol. The number of aliphatic carboxylic acids is 1. The third kappa shape index (κ3) is 4.18. The summed E-state index contributed by atoms with van der Waals surface area (Å²) in [5.41, 5.74) is 2.33. The summed E-state index contributed by atoms with van der Waals surface area (Å²) in [4.78, 5) is 25.1. The second-order valence-corrected chi connectivity index (χ2v) is 5.80. The van der Waals surface area contributed by atoms with Crippen molar-refractivity contribution >= 4 is 18.0 Å². The maximum atomic E-state index is 12.6. The molecule has 21 heavy (non-hydrogen) atoms. The summed E-state index contributed by atoms with van der Waals surface area (Å²) in [6.07, 6.45) is 4.83. The highest BCUT2D eigenvalue weighted by Gasteiger charge is 2.22. The molecule has 4 nitrogen and oxygen atoms in total. The van der Waals surface area contributed by atoms with Crippen LogP contribution in [-0.2, 0) is 4.79 Å². The molecule has 1 atom stereocenters. The van der Waals surface area contributed by atoms with Crippen molar-refractivity contribution in [3.63, 3.8) is 0 Å². The van der Waals surface area contributed by atoms with Gasteiger partial charge in [-0.3, -0.25) is 4.79 Å². The summed E-state index contributed by atoms with van der Waals surface area (Å²) < 4.78 is 0. The standard InChI is InChI=1S/C17H21NO3/c1-12-4-3-7-18(11-12)17(21)15-9-13(2)8-14(10-15)5-6-16(19)20/h5-6,8-10,12H,3-4,7,11H2,1-2H3,(H,19,20)/b6-5+. The van der Waals surface area contributed by atoms with Crippen LogP contribution >= 0.6 is 0 Å². The van der Waals surface area contributed by atoms with Crippen LogP contribution in [0.3, 0.4) is 0 Å². The van der Waals surface area contributed by atoms with Crippen LogP contribution in [-0.4, -0.2) is 35.0 Å². The lowest BCUT2D eigenvalue weighted by atomic mass is 9.98. The van der Waals surface area contributed by atoms with Crippen LogP contribution < -0.4 is 0 Å². The number of benzene rings is 1. The third-order valence-corrected chi connectivity index (χ3v) is 3.71. The molecule has 1 N–H and O–H groups in total. The van der Waals surface area contributed by atoms with Crippen molar-refractivity contribution in [2.45, 2.75) is 26.7 Å². The van der Waals surface area contributed by atoms with E-state index in [4.69, 9.17) is 5.11 Å². The van der Waals surface area contributed by atoms with Gasteiger partial charge < -0.3 is 10.0 Å². The molecule has 0 spiro atoms. The molecule has 0 radical (unpaired) electrons. The van der Waals surface area contributed by atoms with Crippen molar-refractivity contribution in [2.24, 2.45) is 5.92 Å². The van der Waals surface area contributed by atoms with E-state index in [0.717, 1.165) is 36.7 Å². The Morgan fingerprint density at radius 2 is 2.10 bits per heavy atom. The molecule has 1 heterocycles. The molecule has 0 aromatic heterocycles. The lowest BCUT2D eigenvalue weighted by Gasteiger charge is -2.31. The highest BCUT2D eigenvalue weighted by molar-refractivity contribution is 5.95. The van der Waals surface area contributed by atoms with E-state index in [0.29, 0.717) is 11.5 Å². The number of hydrogen-bond donors (Lipinski definition) is 1. The zero-order chi connectivity index (χ0) is 15.4. The summed E-state index contributed by atoms with van der Waals surface area (Å²) in [6, 6.07) is 5.49. The summed E-state index contributed by atoms with van der Waals surface area (Å²) in [5.74, 6) is -0.414. The Labute approximate surface area is 125 Å². The highest BCUT2D eigenvalue weighted by atomic mass is 16.4. The van der Waals surface area contributed by atoms with Gasteiger partial charge in [0.05, 0.1) is 0 Å². The summed E-state index contributed by atoms with van der Waals surface area (Å²) >= 11 is 0. The first-order chi connectivity index (χ1) is 9.95. The molecule has 1 amide bonds. The van der Waals surface area contributed by atoms with E-state index in [1.807, 2.05) is 24.0 Å². The first-order valence-corrected chi connectivity index (χ1v) is 7.27. The molecule has 1 aromatic carbocycles. The molecule has 1 saturated heterocycles. The van der Waals surface area contributed by atoms with E-state index >= 15 is 0 Å². The van der Waals surface area contributed by atoms with Crippen LogP contribution in [0.5, 0.6) is 0 Å². The predicted octanol–water partition coefficient (Wildman–Crippen LogP) is 2.96. The Morgan fingerprint density at radius 3 is 2.76 bits per heavy atom. The number of amides is 1. The van der Waals surface area contributed by atoms with Gasteiger partial charge in [0.15, 0.2) is 0 Å². The smallest absolute Gasteiger partial charge is 0.328 e. The van der Waals surface area contributed by atoms with Gasteiger partial charge >= 0.3 is 5.97 Å². The van der Waals surface area contributed by atoms with Gasteiger partial charge in [0.2, 0.25) is 0 Å². The summed E-state index contributed by atoms with van der Waals surface area (Å²) in [7, 11) is 0. The first kappa shape index (κ1) is 15.3. The van der Waals surface area contributed by atoms with Gasteiger partial charge in [-0.15, -0.1) is 0 Å². The van der Waals surface area contributed by atoms with Crippen LogP contribution in [0, 0.1) is 12.8 Å². The monoisotopic (exact) mass is 287 g/mol. The molecule has 1 fully saturated rings. The fourth-order valence-electron chi connectivity index (χ4n) is 2.76. The number of piperidine rings is 1. The molecule has 0 saturated carbocycles. The summed E-state index contributed by atoms with van der Waals surface area (Å²) in [6.45, 7) is 5.68. The average Bonchev–Trinajstić information content (AvgIpc) is 2.43. The van der Waals surface area contributed by atoms with Gasteiger partial charge in [-0.1, -0.05) is 13.0 Å². The number of carbonyl (C=O) groups is 2. The van der Waals surface area contributed by atoms with Crippen LogP contribution in [0.15, 0.2) is 24.3 Å². The SMILES string of the molecule is Cc1cc(/C=C/C(=O)O)cc(C(=O)N2CCCC(C)C2)c1. The van der Waals surface area contributed by atoms with Gasteiger partial charge in [-0.2, -0.15) is 0 Å². The van der Waals surface area contributed by atoms with Gasteiger partial charge in [0.1, 0.15) is 0 Å². The van der Waals surface area contributed by atoms with E-state index in [1.165, 1.54) is 12.5 Å². The van der Waals surface area contributed by atoms with E-state index in [9.17, 15) is 9.59 Å². The van der Waals surface area contributed by atoms with Crippen molar-refractivity contribution in [2.75, 3.05) is 13.1 Å². The Kier molecular flexibility index (Phi) is 4.78. The minimum absolute atomic E-state index is 0.0372. The average molecular weight is 287 g/mol. The topological polar surface area (TPSA) is 57.6 Å². The Bertz CT molecular complexity index is 577. The second-order valence-electron chi connectivity index (χ2n) is 5.80. The molecule has 0 bridgehead atoms. The third-order valence-electron chi connectivity index (χ3n) is 3.71. The number of carbonyl (C=O) groups excluding carboxylic acids is 1. The van der Waals surface area contributed by atoms with E-state index in [2.05, 4.69) is 6.92 Å². The molecule has 0 aliphatic carbocycles. The van der Waals surface area contributed by atoms with Crippen LogP contribution in [0.4, 0.5) is 0 Å². The Morgan fingerprint density at radius 1 is 1.33 bits per heavy atom. The molecule has 4 heteroatoms. The van der Waals surface area contributed by atoms with Crippen LogP contribution in [0.1, 0.15) is 41.3 Å². The first-order valence-electron chi connectivity index (χ1n) is 7.27. The molecule has 1 aliphatic rings. The van der Waals surface area contributed by atoms with E-state index < -0.39 is 5.97 Å². The summed E-state index contributed by atoms with van der Waals surface area (Å²) in [5, 5.41) is 8.69.